The van der Waals surface area contributed by atoms with Crippen LogP contribution in [0.15, 0.2) is 65.8 Å². The third-order valence-corrected chi connectivity index (χ3v) is 5.45. The highest BCUT2D eigenvalue weighted by molar-refractivity contribution is 6.08. The lowest BCUT2D eigenvalue weighted by Gasteiger charge is -2.13. The number of halogens is 1. The molecule has 35 heavy (non-hydrogen) atoms. The van der Waals surface area contributed by atoms with Gasteiger partial charge in [0.1, 0.15) is 0 Å². The number of allylic oxidation sites excluding steroid dienone is 2. The normalized spacial score (nSPS) is 11.1. The molecule has 0 saturated heterocycles. The van der Waals surface area contributed by atoms with Crippen LogP contribution in [0.4, 0.5) is 4.39 Å². The molecule has 0 radical (unpaired) electrons. The van der Waals surface area contributed by atoms with Gasteiger partial charge in [-0.3, -0.25) is 14.8 Å². The fraction of sp³-hybridized carbons (Fsp3) is 0.276. The maximum Gasteiger partial charge on any atom is 0.251 e. The molecule has 0 atom stereocenters. The van der Waals surface area contributed by atoms with Crippen LogP contribution in [0.25, 0.3) is 5.57 Å². The Morgan fingerprint density at radius 2 is 1.91 bits per heavy atom. The zero-order valence-corrected chi connectivity index (χ0v) is 21.4. The largest absolute Gasteiger partial charge is 0.494 e. The van der Waals surface area contributed by atoms with E-state index in [4.69, 9.17) is 4.74 Å². The quantitative estimate of drug-likeness (QED) is 0.395. The van der Waals surface area contributed by atoms with Crippen molar-refractivity contribution in [3.8, 4) is 5.75 Å². The number of aromatic nitrogens is 1. The molecule has 0 spiro atoms. The van der Waals surface area contributed by atoms with Crippen molar-refractivity contribution in [1.29, 1.82) is 0 Å². The van der Waals surface area contributed by atoms with E-state index in [0.29, 0.717) is 17.5 Å². The van der Waals surface area contributed by atoms with Crippen molar-refractivity contribution >= 4 is 17.7 Å². The second-order valence-electron chi connectivity index (χ2n) is 7.60. The van der Waals surface area contributed by atoms with Crippen molar-refractivity contribution in [2.45, 2.75) is 40.7 Å². The van der Waals surface area contributed by atoms with Gasteiger partial charge in [0.25, 0.3) is 5.91 Å². The Labute approximate surface area is 207 Å². The minimum atomic E-state index is -0.453. The van der Waals surface area contributed by atoms with E-state index in [1.807, 2.05) is 58.0 Å². The standard InChI is InChI=1S/C27H28FN3O2.C2H6/c1-5-21(17-29-3)25-15-19(11-12-30-25)13-22-7-6-8-23(18(22)2)27(32)31-16-20-9-10-26(33-4)24(28)14-20;1-2/h5-12,14-15,17H,13,16H2,1-4H3,(H,31,32);1-2H3/b21-5+,29-17?;. The maximum atomic E-state index is 13.9. The second kappa shape index (κ2) is 13.8. The third-order valence-electron chi connectivity index (χ3n) is 5.45. The number of benzene rings is 2. The lowest BCUT2D eigenvalue weighted by Crippen LogP contribution is -2.24. The van der Waals surface area contributed by atoms with E-state index in [0.717, 1.165) is 28.0 Å². The van der Waals surface area contributed by atoms with Gasteiger partial charge in [-0.05, 0) is 72.9 Å². The molecule has 0 aliphatic rings. The molecule has 0 aliphatic carbocycles. The Hall–Kier alpha value is -3.80. The summed E-state index contributed by atoms with van der Waals surface area (Å²) in [7, 11) is 3.15. The molecule has 0 fully saturated rings. The Bertz CT molecular complexity index is 1200. The number of nitrogens with zero attached hydrogens (tertiary/aromatic N) is 2. The predicted molar refractivity (Wildman–Crippen MR) is 142 cm³/mol. The topological polar surface area (TPSA) is 63.6 Å². The minimum Gasteiger partial charge on any atom is -0.494 e. The number of rotatable bonds is 8. The van der Waals surface area contributed by atoms with Gasteiger partial charge in [-0.15, -0.1) is 0 Å². The van der Waals surface area contributed by atoms with Crippen molar-refractivity contribution in [2.75, 3.05) is 14.2 Å². The van der Waals surface area contributed by atoms with E-state index in [9.17, 15) is 9.18 Å². The van der Waals surface area contributed by atoms with Gasteiger partial charge in [0.05, 0.1) is 12.8 Å². The predicted octanol–water partition coefficient (Wildman–Crippen LogP) is 6.19. The smallest absolute Gasteiger partial charge is 0.251 e. The molecule has 1 aromatic heterocycles. The first-order valence-corrected chi connectivity index (χ1v) is 11.7. The van der Waals surface area contributed by atoms with Crippen molar-refractivity contribution in [1.82, 2.24) is 10.3 Å². The number of hydrogen-bond acceptors (Lipinski definition) is 4. The van der Waals surface area contributed by atoms with Crippen LogP contribution in [0.2, 0.25) is 0 Å². The average Bonchev–Trinajstić information content (AvgIpc) is 2.88. The zero-order chi connectivity index (χ0) is 25.8. The number of pyridine rings is 1. The fourth-order valence-corrected chi connectivity index (χ4v) is 3.61. The van der Waals surface area contributed by atoms with Gasteiger partial charge in [0.15, 0.2) is 11.6 Å². The molecule has 6 heteroatoms. The maximum absolute atomic E-state index is 13.9. The molecule has 0 bridgehead atoms. The first-order valence-electron chi connectivity index (χ1n) is 11.7. The Balaban J connectivity index is 0.00000210. The minimum absolute atomic E-state index is 0.177. The number of nitrogens with one attached hydrogen (secondary N) is 1. The molecule has 1 N–H and O–H groups in total. The van der Waals surface area contributed by atoms with Gasteiger partial charge >= 0.3 is 0 Å². The summed E-state index contributed by atoms with van der Waals surface area (Å²) in [6, 6.07) is 14.4. The SMILES string of the molecule is C/C=C(\C=NC)c1cc(Cc2cccc(C(=O)NCc3ccc(OC)c(F)c3)c2C)ccn1.CC. The monoisotopic (exact) mass is 475 g/mol. The average molecular weight is 476 g/mol. The summed E-state index contributed by atoms with van der Waals surface area (Å²) in [5.41, 5.74) is 6.14. The number of carbonyl (C=O) groups is 1. The van der Waals surface area contributed by atoms with E-state index >= 15 is 0 Å². The molecule has 0 unspecified atom stereocenters. The number of ether oxygens (including phenoxy) is 1. The molecule has 5 nitrogen and oxygen atoms in total. The highest BCUT2D eigenvalue weighted by atomic mass is 19.1. The summed E-state index contributed by atoms with van der Waals surface area (Å²) >= 11 is 0. The van der Waals surface area contributed by atoms with E-state index in [-0.39, 0.29) is 18.2 Å². The van der Waals surface area contributed by atoms with E-state index in [1.165, 1.54) is 13.2 Å². The van der Waals surface area contributed by atoms with Gasteiger partial charge in [-0.1, -0.05) is 38.1 Å². The fourth-order valence-electron chi connectivity index (χ4n) is 3.61. The number of methoxy groups -OCH3 is 1. The lowest BCUT2D eigenvalue weighted by atomic mass is 9.96. The first kappa shape index (κ1) is 27.4. The van der Waals surface area contributed by atoms with Crippen LogP contribution >= 0.6 is 0 Å². The number of hydrogen-bond donors (Lipinski definition) is 1. The summed E-state index contributed by atoms with van der Waals surface area (Å²) in [5.74, 6) is -0.474. The van der Waals surface area contributed by atoms with E-state index in [2.05, 4.69) is 15.3 Å². The molecule has 3 rings (SSSR count). The van der Waals surface area contributed by atoms with Gasteiger partial charge in [-0.25, -0.2) is 4.39 Å². The molecule has 0 aliphatic heterocycles. The van der Waals surface area contributed by atoms with Gasteiger partial charge in [0, 0.05) is 37.1 Å². The number of aliphatic imine (C=N–C) groups is 1. The molecule has 0 saturated carbocycles. The highest BCUT2D eigenvalue weighted by Gasteiger charge is 2.13. The van der Waals surface area contributed by atoms with Crippen molar-refractivity contribution in [3.63, 3.8) is 0 Å². The molecule has 3 aromatic rings. The number of carbonyl (C=O) groups excluding carboxylic acids is 1. The van der Waals surface area contributed by atoms with Crippen LogP contribution in [0.3, 0.4) is 0 Å². The van der Waals surface area contributed by atoms with Crippen LogP contribution in [0, 0.1) is 12.7 Å². The third kappa shape index (κ3) is 7.34. The zero-order valence-electron chi connectivity index (χ0n) is 21.4. The van der Waals surface area contributed by atoms with Gasteiger partial charge < -0.3 is 10.1 Å². The van der Waals surface area contributed by atoms with Crippen LogP contribution in [-0.4, -0.2) is 31.3 Å². The molecular formula is C29H34FN3O2. The second-order valence-corrected chi connectivity index (χ2v) is 7.60. The summed E-state index contributed by atoms with van der Waals surface area (Å²) < 4.78 is 18.8. The van der Waals surface area contributed by atoms with E-state index in [1.54, 1.807) is 37.7 Å². The van der Waals surface area contributed by atoms with Gasteiger partial charge in [0.2, 0.25) is 0 Å². The summed E-state index contributed by atoms with van der Waals surface area (Å²) in [6.07, 6.45) is 6.23. The van der Waals surface area contributed by atoms with Crippen LogP contribution < -0.4 is 10.1 Å². The molecule has 1 heterocycles. The van der Waals surface area contributed by atoms with Crippen molar-refractivity contribution in [2.24, 2.45) is 4.99 Å². The summed E-state index contributed by atoms with van der Waals surface area (Å²) in [6.45, 7) is 8.13. The molecule has 184 valence electrons. The van der Waals surface area contributed by atoms with Crippen molar-refractivity contribution in [3.05, 3.63) is 100 Å². The highest BCUT2D eigenvalue weighted by Crippen LogP contribution is 2.21. The molecule has 2 aromatic carbocycles. The Morgan fingerprint density at radius 3 is 2.57 bits per heavy atom. The van der Waals surface area contributed by atoms with Crippen molar-refractivity contribution < 1.29 is 13.9 Å². The Kier molecular flexibility index (Phi) is 10.8. The summed E-state index contributed by atoms with van der Waals surface area (Å²) in [5, 5.41) is 2.88. The van der Waals surface area contributed by atoms with Gasteiger partial charge in [-0.2, -0.15) is 0 Å². The lowest BCUT2D eigenvalue weighted by molar-refractivity contribution is 0.0950. The van der Waals surface area contributed by atoms with Crippen LogP contribution in [-0.2, 0) is 13.0 Å². The Morgan fingerprint density at radius 1 is 1.14 bits per heavy atom. The summed E-state index contributed by atoms with van der Waals surface area (Å²) in [4.78, 5) is 21.4. The van der Waals surface area contributed by atoms with Crippen LogP contribution in [0.1, 0.15) is 59.1 Å². The van der Waals surface area contributed by atoms with Crippen LogP contribution in [0.5, 0.6) is 5.75 Å². The number of amides is 1. The van der Waals surface area contributed by atoms with E-state index < -0.39 is 5.82 Å². The molecule has 1 amide bonds. The molecular weight excluding hydrogens is 441 g/mol. The first-order chi connectivity index (χ1) is 17.0.